The van der Waals surface area contributed by atoms with Gasteiger partial charge >= 0.3 is 0 Å². The molecule has 0 unspecified atom stereocenters. The molecule has 0 fully saturated rings. The topological polar surface area (TPSA) is 0 Å². The lowest BCUT2D eigenvalue weighted by Gasteiger charge is -2.02. The summed E-state index contributed by atoms with van der Waals surface area (Å²) in [6.45, 7) is 7.74. The molecule has 0 rings (SSSR count). The van der Waals surface area contributed by atoms with Crippen LogP contribution in [-0.4, -0.2) is 0 Å². The van der Waals surface area contributed by atoms with Crippen LogP contribution < -0.4 is 0 Å². The molecule has 0 saturated heterocycles. The quantitative estimate of drug-likeness (QED) is 0.310. The van der Waals surface area contributed by atoms with Gasteiger partial charge in [-0.1, -0.05) is 104 Å². The monoisotopic (exact) mass is 237 g/mol. The molecule has 101 valence electrons. The molecule has 0 aliphatic carbocycles. The van der Waals surface area contributed by atoms with E-state index >= 15 is 0 Å². The Balaban J connectivity index is 2.85. The first kappa shape index (κ1) is 17.0. The summed E-state index contributed by atoms with van der Waals surface area (Å²) in [5.74, 6) is 0. The third-order valence-corrected chi connectivity index (χ3v) is 3.32. The van der Waals surface area contributed by atoms with E-state index in [0.29, 0.717) is 0 Å². The van der Waals surface area contributed by atoms with Gasteiger partial charge in [-0.3, -0.25) is 0 Å². The van der Waals surface area contributed by atoms with E-state index in [-0.39, 0.29) is 0 Å². The molecule has 0 heterocycles. The van der Waals surface area contributed by atoms with Gasteiger partial charge in [0.05, 0.1) is 0 Å². The molecule has 0 aromatic heterocycles. The van der Waals surface area contributed by atoms with Gasteiger partial charge in [0.25, 0.3) is 0 Å². The SMILES string of the molecule is [CH2]CCCCCC[CH]CCCCCCCC[CH2]. The zero-order valence-corrected chi connectivity index (χ0v) is 11.9. The van der Waals surface area contributed by atoms with Crippen molar-refractivity contribution in [2.24, 2.45) is 0 Å². The number of rotatable bonds is 14. The highest BCUT2D eigenvalue weighted by atomic mass is 14.0. The second kappa shape index (κ2) is 16.0. The van der Waals surface area contributed by atoms with Crippen molar-refractivity contribution in [3.05, 3.63) is 20.3 Å². The van der Waals surface area contributed by atoms with Crippen molar-refractivity contribution in [2.75, 3.05) is 0 Å². The van der Waals surface area contributed by atoms with Crippen LogP contribution in [-0.2, 0) is 0 Å². The summed E-state index contributed by atoms with van der Waals surface area (Å²) in [4.78, 5) is 0. The maximum atomic E-state index is 3.87. The summed E-state index contributed by atoms with van der Waals surface area (Å²) in [6, 6.07) is 0. The molecular formula is C17H33. The van der Waals surface area contributed by atoms with Crippen LogP contribution in [0.2, 0.25) is 0 Å². The zero-order valence-electron chi connectivity index (χ0n) is 11.9. The zero-order chi connectivity index (χ0) is 12.6. The van der Waals surface area contributed by atoms with Crippen LogP contribution in [0.5, 0.6) is 0 Å². The highest BCUT2D eigenvalue weighted by molar-refractivity contribution is 4.64. The predicted molar refractivity (Wildman–Crippen MR) is 79.7 cm³/mol. The van der Waals surface area contributed by atoms with Crippen molar-refractivity contribution in [1.29, 1.82) is 0 Å². The fourth-order valence-electron chi connectivity index (χ4n) is 2.14. The van der Waals surface area contributed by atoms with Crippen molar-refractivity contribution in [3.8, 4) is 0 Å². The minimum Gasteiger partial charge on any atom is -0.0533 e. The number of hydrogen-bond acceptors (Lipinski definition) is 0. The lowest BCUT2D eigenvalue weighted by molar-refractivity contribution is 0.582. The van der Waals surface area contributed by atoms with Gasteiger partial charge in [-0.05, 0) is 6.42 Å². The van der Waals surface area contributed by atoms with E-state index in [4.69, 9.17) is 0 Å². The molecule has 0 aromatic rings. The van der Waals surface area contributed by atoms with Gasteiger partial charge in [0.15, 0.2) is 0 Å². The Morgan fingerprint density at radius 3 is 1.24 bits per heavy atom. The fourth-order valence-corrected chi connectivity index (χ4v) is 2.14. The Kier molecular flexibility index (Phi) is 16.0. The van der Waals surface area contributed by atoms with E-state index in [9.17, 15) is 0 Å². The van der Waals surface area contributed by atoms with Crippen molar-refractivity contribution < 1.29 is 0 Å². The lowest BCUT2D eigenvalue weighted by atomic mass is 10.0. The van der Waals surface area contributed by atoms with Gasteiger partial charge in [-0.25, -0.2) is 0 Å². The smallest absolute Gasteiger partial charge is 0.0386 e. The standard InChI is InChI=1S/C17H33/c1-3-5-7-9-11-13-15-17-16-14-12-10-8-6-4-2/h15H,1-14,16-17H2. The first-order valence-corrected chi connectivity index (χ1v) is 7.82. The van der Waals surface area contributed by atoms with E-state index < -0.39 is 0 Å². The molecule has 0 N–H and O–H groups in total. The molecule has 0 spiro atoms. The predicted octanol–water partition coefficient (Wildman–Crippen LogP) is 6.32. The Morgan fingerprint density at radius 2 is 0.824 bits per heavy atom. The third-order valence-electron chi connectivity index (χ3n) is 3.32. The Bertz CT molecular complexity index is 103. The molecule has 17 heavy (non-hydrogen) atoms. The minimum atomic E-state index is 1.11. The van der Waals surface area contributed by atoms with Gasteiger partial charge in [0.2, 0.25) is 0 Å². The summed E-state index contributed by atoms with van der Waals surface area (Å²) >= 11 is 0. The average Bonchev–Trinajstić information content (AvgIpc) is 2.35. The van der Waals surface area contributed by atoms with Gasteiger partial charge in [-0.2, -0.15) is 0 Å². The van der Waals surface area contributed by atoms with Crippen LogP contribution >= 0.6 is 0 Å². The van der Waals surface area contributed by atoms with Crippen LogP contribution in [0.15, 0.2) is 0 Å². The Labute approximate surface area is 111 Å². The Hall–Kier alpha value is 0. The van der Waals surface area contributed by atoms with Crippen LogP contribution in [0.1, 0.15) is 89.9 Å². The molecule has 0 aromatic carbocycles. The van der Waals surface area contributed by atoms with E-state index in [1.807, 2.05) is 0 Å². The van der Waals surface area contributed by atoms with Gasteiger partial charge < -0.3 is 0 Å². The third kappa shape index (κ3) is 16.0. The van der Waals surface area contributed by atoms with Crippen molar-refractivity contribution in [1.82, 2.24) is 0 Å². The average molecular weight is 237 g/mol. The van der Waals surface area contributed by atoms with Crippen molar-refractivity contribution in [2.45, 2.75) is 89.9 Å². The fraction of sp³-hybridized carbons (Fsp3) is 0.824. The molecule has 0 bridgehead atoms. The van der Waals surface area contributed by atoms with Crippen LogP contribution in [0, 0.1) is 20.3 Å². The molecule has 0 amide bonds. The summed E-state index contributed by atoms with van der Waals surface area (Å²) < 4.78 is 0. The van der Waals surface area contributed by atoms with E-state index in [0.717, 1.165) is 12.8 Å². The molecule has 0 atom stereocenters. The van der Waals surface area contributed by atoms with Crippen molar-refractivity contribution >= 4 is 0 Å². The maximum absolute atomic E-state index is 3.87. The lowest BCUT2D eigenvalue weighted by Crippen LogP contribution is -1.83. The van der Waals surface area contributed by atoms with Crippen LogP contribution in [0.3, 0.4) is 0 Å². The van der Waals surface area contributed by atoms with Gasteiger partial charge in [0.1, 0.15) is 0 Å². The molecule has 0 heteroatoms. The largest absolute Gasteiger partial charge is 0.0533 e. The summed E-state index contributed by atoms with van der Waals surface area (Å²) in [6.07, 6.45) is 21.3. The first-order chi connectivity index (χ1) is 8.41. The number of hydrogen-bond donors (Lipinski definition) is 0. The van der Waals surface area contributed by atoms with E-state index in [1.54, 1.807) is 0 Å². The van der Waals surface area contributed by atoms with Gasteiger partial charge in [0, 0.05) is 0 Å². The van der Waals surface area contributed by atoms with Crippen molar-refractivity contribution in [3.63, 3.8) is 0 Å². The van der Waals surface area contributed by atoms with E-state index in [2.05, 4.69) is 20.3 Å². The maximum Gasteiger partial charge on any atom is -0.0386 e. The molecular weight excluding hydrogens is 204 g/mol. The van der Waals surface area contributed by atoms with E-state index in [1.165, 1.54) is 77.0 Å². The summed E-state index contributed by atoms with van der Waals surface area (Å²) in [7, 11) is 0. The molecule has 0 aliphatic rings. The highest BCUT2D eigenvalue weighted by Crippen LogP contribution is 2.12. The normalized spacial score (nSPS) is 10.9. The summed E-state index contributed by atoms with van der Waals surface area (Å²) in [5, 5.41) is 0. The second-order valence-corrected chi connectivity index (χ2v) is 5.11. The molecule has 3 radical (unpaired) electrons. The Morgan fingerprint density at radius 1 is 0.471 bits per heavy atom. The molecule has 0 saturated carbocycles. The first-order valence-electron chi connectivity index (χ1n) is 7.82. The molecule has 0 aliphatic heterocycles. The second-order valence-electron chi connectivity index (χ2n) is 5.11. The van der Waals surface area contributed by atoms with Gasteiger partial charge in [-0.15, -0.1) is 0 Å². The number of unbranched alkanes of at least 4 members (excludes halogenated alkanes) is 14. The van der Waals surface area contributed by atoms with Crippen LogP contribution in [0.25, 0.3) is 0 Å². The van der Waals surface area contributed by atoms with Crippen LogP contribution in [0.4, 0.5) is 0 Å². The highest BCUT2D eigenvalue weighted by Gasteiger charge is 1.93. The minimum absolute atomic E-state index is 1.11. The molecule has 0 nitrogen and oxygen atoms in total. The summed E-state index contributed by atoms with van der Waals surface area (Å²) in [5.41, 5.74) is 0.